The minimum absolute atomic E-state index is 0.203. The average Bonchev–Trinajstić information content (AvgIpc) is 0.783. The topological polar surface area (TPSA) is 307 Å². The first kappa shape index (κ1) is 104. The van der Waals surface area contributed by atoms with E-state index in [9.17, 15) is 61.0 Å². The van der Waals surface area contributed by atoms with E-state index in [-0.39, 0.29) is 18.9 Å². The summed E-state index contributed by atoms with van der Waals surface area (Å²) in [5.41, 5.74) is 0. The van der Waals surface area contributed by atoms with Gasteiger partial charge in [-0.1, -0.05) is 339 Å². The quantitative estimate of drug-likeness (QED) is 0.0199. The van der Waals surface area contributed by atoms with Crippen molar-refractivity contribution in [1.29, 1.82) is 0 Å². The van der Waals surface area contributed by atoms with Crippen LogP contribution in [-0.2, 0) is 33.2 Å². The van der Waals surface area contributed by atoms with Gasteiger partial charge in [0.15, 0.2) is 18.9 Å². The molecule has 17 atom stereocenters. The van der Waals surface area contributed by atoms with Gasteiger partial charge in [0, 0.05) is 6.42 Å². The van der Waals surface area contributed by atoms with E-state index in [2.05, 4.69) is 165 Å². The second kappa shape index (κ2) is 72.4. The van der Waals surface area contributed by atoms with Gasteiger partial charge in [0.05, 0.1) is 38.6 Å². The fourth-order valence-corrected chi connectivity index (χ4v) is 14.0. The Labute approximate surface area is 688 Å². The van der Waals surface area contributed by atoms with Crippen molar-refractivity contribution < 1.29 is 89.4 Å². The average molecular weight is 1600 g/mol. The maximum atomic E-state index is 13.5. The van der Waals surface area contributed by atoms with Crippen LogP contribution in [0.2, 0.25) is 0 Å². The minimum Gasteiger partial charge on any atom is -0.394 e. The minimum atomic E-state index is -1.99. The van der Waals surface area contributed by atoms with Crippen LogP contribution in [0, 0.1) is 0 Å². The molecule has 0 aliphatic carbocycles. The van der Waals surface area contributed by atoms with E-state index in [0.717, 1.165) is 122 Å². The van der Waals surface area contributed by atoms with E-state index in [1.54, 1.807) is 6.08 Å². The Morgan fingerprint density at radius 2 is 0.614 bits per heavy atom. The number of unbranched alkanes of at least 4 members (excludes halogenated alkanes) is 30. The van der Waals surface area contributed by atoms with E-state index >= 15 is 0 Å². The van der Waals surface area contributed by atoms with Gasteiger partial charge in [-0.25, -0.2) is 0 Å². The maximum Gasteiger partial charge on any atom is 0.220 e. The molecule has 0 spiro atoms. The third-order valence-corrected chi connectivity index (χ3v) is 21.1. The summed E-state index contributed by atoms with van der Waals surface area (Å²) in [7, 11) is 0. The highest BCUT2D eigenvalue weighted by Gasteiger charge is 2.54. The second-order valence-corrected chi connectivity index (χ2v) is 31.0. The monoisotopic (exact) mass is 1600 g/mol. The van der Waals surface area contributed by atoms with Crippen LogP contribution in [-0.4, -0.2) is 193 Å². The van der Waals surface area contributed by atoms with E-state index in [1.165, 1.54) is 148 Å². The van der Waals surface area contributed by atoms with Gasteiger partial charge in [-0.3, -0.25) is 4.79 Å². The van der Waals surface area contributed by atoms with Crippen molar-refractivity contribution in [1.82, 2.24) is 5.32 Å². The summed E-state index contributed by atoms with van der Waals surface area (Å²) >= 11 is 0. The van der Waals surface area contributed by atoms with Crippen molar-refractivity contribution in [3.05, 3.63) is 158 Å². The van der Waals surface area contributed by atoms with Crippen LogP contribution in [0.5, 0.6) is 0 Å². The highest BCUT2D eigenvalue weighted by Crippen LogP contribution is 2.33. The molecule has 0 aromatic rings. The number of nitrogens with one attached hydrogen (secondary N) is 1. The number of hydrogen-bond donors (Lipinski definition) is 12. The number of amides is 1. The summed E-state index contributed by atoms with van der Waals surface area (Å²) in [6.45, 7) is 1.61. The molecule has 0 bridgehead atoms. The lowest BCUT2D eigenvalue weighted by atomic mass is 9.96. The first-order valence-electron chi connectivity index (χ1n) is 44.7. The molecule has 114 heavy (non-hydrogen) atoms. The van der Waals surface area contributed by atoms with E-state index in [1.807, 2.05) is 6.08 Å². The smallest absolute Gasteiger partial charge is 0.220 e. The number of aliphatic hydroxyl groups is 11. The van der Waals surface area contributed by atoms with Gasteiger partial charge >= 0.3 is 0 Å². The van der Waals surface area contributed by atoms with E-state index in [0.29, 0.717) is 12.8 Å². The third kappa shape index (κ3) is 50.4. The first-order valence-corrected chi connectivity index (χ1v) is 44.7. The van der Waals surface area contributed by atoms with Crippen molar-refractivity contribution in [3.63, 3.8) is 0 Å². The van der Waals surface area contributed by atoms with Gasteiger partial charge in [-0.15, -0.1) is 0 Å². The van der Waals surface area contributed by atoms with Crippen LogP contribution >= 0.6 is 0 Å². The van der Waals surface area contributed by atoms with Crippen LogP contribution in [0.15, 0.2) is 158 Å². The summed E-state index contributed by atoms with van der Waals surface area (Å²) in [5, 5.41) is 121. The van der Waals surface area contributed by atoms with Gasteiger partial charge < -0.3 is 89.9 Å². The van der Waals surface area contributed by atoms with Crippen LogP contribution in [0.25, 0.3) is 0 Å². The Bertz CT molecular complexity index is 2680. The zero-order valence-electron chi connectivity index (χ0n) is 70.3. The molecule has 3 aliphatic rings. The van der Waals surface area contributed by atoms with Gasteiger partial charge in [0.1, 0.15) is 73.2 Å². The molecule has 1 amide bonds. The Kier molecular flexibility index (Phi) is 65.8. The summed E-state index contributed by atoms with van der Waals surface area (Å²) in [6, 6.07) is -1.02. The zero-order valence-corrected chi connectivity index (χ0v) is 70.3. The predicted molar refractivity (Wildman–Crippen MR) is 461 cm³/mol. The number of carbonyl (C=O) groups excluding carboxylic acids is 1. The summed E-state index contributed by atoms with van der Waals surface area (Å²) in [4.78, 5) is 13.5. The Morgan fingerprint density at radius 1 is 0.325 bits per heavy atom. The number of hydrogen-bond acceptors (Lipinski definition) is 18. The molecule has 12 N–H and O–H groups in total. The number of carbonyl (C=O) groups is 1. The molecule has 3 aliphatic heterocycles. The molecule has 0 radical (unpaired) electrons. The standard InChI is InChI=1S/C95H159NO18/c1-3-5-7-9-11-13-15-17-19-21-23-25-27-29-31-33-35-36-37-38-39-40-41-42-43-45-47-49-51-53-55-57-59-61-63-65-67-69-71-73-83(101)96-78(79(100)72-70-68-66-64-62-60-58-56-54-52-50-48-46-44-34-32-30-28-26-24-22-20-18-16-14-12-10-8-6-4-2)77-109-93-89(107)86(104)91(81(75-98)111-93)114-95-90(108)87(105)92(82(76-99)112-95)113-94-88(106)85(103)84(102)80(74-97)110-94/h5,7,11,13,17,19,23,25,29,31,35-36,38-39,41-42,45,47,51,53,57,59,62,64,70,72,78-82,84-95,97-100,102-108H,3-4,6,8-10,12,14-16,18,20-22,24,26-28,30,32-34,37,40,43-44,46,48-50,52,54-56,58,60-61,63,65-69,71,73-77H2,1-2H3,(H,96,101)/b7-5-,13-11-,19-17-,25-23-,31-29-,36-35-,39-38-,42-41-,47-45-,53-51-,59-57-,64-62+,72-70+. The van der Waals surface area contributed by atoms with Crippen LogP contribution in [0.4, 0.5) is 0 Å². The van der Waals surface area contributed by atoms with Crippen molar-refractivity contribution >= 4 is 5.91 Å². The molecule has 3 heterocycles. The molecule has 17 unspecified atom stereocenters. The lowest BCUT2D eigenvalue weighted by Gasteiger charge is -2.48. The Morgan fingerprint density at radius 3 is 0.982 bits per heavy atom. The zero-order chi connectivity index (χ0) is 82.4. The van der Waals surface area contributed by atoms with Crippen molar-refractivity contribution in [2.75, 3.05) is 26.4 Å². The van der Waals surface area contributed by atoms with Crippen LogP contribution in [0.1, 0.15) is 303 Å². The summed E-state index contributed by atoms with van der Waals surface area (Å²) in [5.74, 6) is -0.308. The maximum absolute atomic E-state index is 13.5. The molecule has 0 aromatic heterocycles. The molecule has 3 rings (SSSR count). The number of ether oxygens (including phenoxy) is 6. The molecular weight excluding hydrogens is 1440 g/mol. The lowest BCUT2D eigenvalue weighted by molar-refractivity contribution is -0.379. The van der Waals surface area contributed by atoms with Gasteiger partial charge in [0.2, 0.25) is 5.91 Å². The SMILES string of the molecule is CC/C=C\C/C=C\C/C=C\C/C=C\C/C=C\C/C=C\C/C=C\C/C=C\C/C=C\C/C=C\C/C=C\CCCCCCCC(=O)NC(COC1OC(CO)C(OC2OC(CO)C(OC3OC(CO)C(O)C(O)C3O)C(O)C2O)C(O)C1O)C(O)/C=C/CC/C=C/CCCCCCCCCCCCCCCCCCCCCCCCCC. The highest BCUT2D eigenvalue weighted by atomic mass is 16.8. The Hall–Kier alpha value is -4.59. The van der Waals surface area contributed by atoms with Crippen molar-refractivity contribution in [2.24, 2.45) is 0 Å². The molecule has 19 nitrogen and oxygen atoms in total. The van der Waals surface area contributed by atoms with Crippen molar-refractivity contribution in [3.8, 4) is 0 Å². The second-order valence-electron chi connectivity index (χ2n) is 31.0. The fraction of sp³-hybridized carbons (Fsp3) is 0.716. The van der Waals surface area contributed by atoms with Crippen LogP contribution in [0.3, 0.4) is 0 Å². The molecule has 3 fully saturated rings. The molecular formula is C95H159NO18. The predicted octanol–water partition coefficient (Wildman–Crippen LogP) is 17.1. The number of allylic oxidation sites excluding steroid dienone is 25. The lowest BCUT2D eigenvalue weighted by Crippen LogP contribution is -2.66. The Balaban J connectivity index is 1.37. The first-order chi connectivity index (χ1) is 55.8. The van der Waals surface area contributed by atoms with Crippen molar-refractivity contribution in [2.45, 2.75) is 407 Å². The summed E-state index contributed by atoms with van der Waals surface area (Å²) < 4.78 is 34.5. The highest BCUT2D eigenvalue weighted by molar-refractivity contribution is 5.76. The van der Waals surface area contributed by atoms with Gasteiger partial charge in [-0.2, -0.15) is 0 Å². The molecule has 0 saturated carbocycles. The third-order valence-electron chi connectivity index (χ3n) is 21.1. The van der Waals surface area contributed by atoms with Gasteiger partial charge in [-0.05, 0) is 116 Å². The van der Waals surface area contributed by atoms with Gasteiger partial charge in [0.25, 0.3) is 0 Å². The molecule has 3 saturated heterocycles. The van der Waals surface area contributed by atoms with E-state index in [4.69, 9.17) is 28.4 Å². The molecule has 19 heteroatoms. The largest absolute Gasteiger partial charge is 0.394 e. The normalized spacial score (nSPS) is 25.5. The van der Waals surface area contributed by atoms with Crippen LogP contribution < -0.4 is 5.32 Å². The molecule has 652 valence electrons. The van der Waals surface area contributed by atoms with E-state index < -0.39 is 124 Å². The molecule has 0 aromatic carbocycles. The number of rotatable bonds is 70. The summed E-state index contributed by atoms with van der Waals surface area (Å²) in [6.07, 6.45) is 81.0. The fourth-order valence-electron chi connectivity index (χ4n) is 14.0. The number of aliphatic hydroxyl groups excluding tert-OH is 11.